The number of aliphatic hydroxyl groups is 1. The third kappa shape index (κ3) is 4.37. The van der Waals surface area contributed by atoms with Crippen molar-refractivity contribution in [1.29, 1.82) is 0 Å². The van der Waals surface area contributed by atoms with E-state index in [0.717, 1.165) is 13.0 Å². The van der Waals surface area contributed by atoms with Crippen LogP contribution in [0.25, 0.3) is 0 Å². The molecule has 0 fully saturated rings. The first kappa shape index (κ1) is 11.2. The van der Waals surface area contributed by atoms with Gasteiger partial charge < -0.3 is 16.2 Å². The quantitative estimate of drug-likeness (QED) is 0.564. The molecular formula is C11H18N2O. The molecular weight excluding hydrogens is 176 g/mol. The fraction of sp³-hybridized carbons (Fsp3) is 0.455. The fourth-order valence-corrected chi connectivity index (χ4v) is 1.23. The van der Waals surface area contributed by atoms with Gasteiger partial charge in [0.05, 0.1) is 6.61 Å². The van der Waals surface area contributed by atoms with Crippen LogP contribution in [0.4, 0.5) is 0 Å². The van der Waals surface area contributed by atoms with E-state index in [2.05, 4.69) is 17.4 Å². The third-order valence-electron chi connectivity index (χ3n) is 2.07. The van der Waals surface area contributed by atoms with Crippen molar-refractivity contribution in [2.24, 2.45) is 5.73 Å². The summed E-state index contributed by atoms with van der Waals surface area (Å²) in [6, 6.07) is 10.1. The minimum Gasteiger partial charge on any atom is -0.395 e. The first-order chi connectivity index (χ1) is 6.83. The molecule has 78 valence electrons. The van der Waals surface area contributed by atoms with E-state index < -0.39 is 0 Å². The topological polar surface area (TPSA) is 58.3 Å². The van der Waals surface area contributed by atoms with E-state index in [-0.39, 0.29) is 12.6 Å². The summed E-state index contributed by atoms with van der Waals surface area (Å²) in [6.45, 7) is 1.61. The third-order valence-corrected chi connectivity index (χ3v) is 2.07. The van der Waals surface area contributed by atoms with Crippen LogP contribution in [0.1, 0.15) is 5.56 Å². The SMILES string of the molecule is NC(CO)CNCCc1ccccc1. The highest BCUT2D eigenvalue weighted by Gasteiger charge is 1.98. The van der Waals surface area contributed by atoms with Gasteiger partial charge in [-0.05, 0) is 18.5 Å². The highest BCUT2D eigenvalue weighted by molar-refractivity contribution is 5.14. The van der Waals surface area contributed by atoms with Gasteiger partial charge in [0, 0.05) is 12.6 Å². The van der Waals surface area contributed by atoms with Gasteiger partial charge in [0.15, 0.2) is 0 Å². The summed E-state index contributed by atoms with van der Waals surface area (Å²) in [5.41, 5.74) is 6.86. The first-order valence-electron chi connectivity index (χ1n) is 4.94. The van der Waals surface area contributed by atoms with E-state index in [4.69, 9.17) is 10.8 Å². The molecule has 0 heterocycles. The summed E-state index contributed by atoms with van der Waals surface area (Å²) in [6.07, 6.45) is 0.999. The van der Waals surface area contributed by atoms with Crippen molar-refractivity contribution < 1.29 is 5.11 Å². The van der Waals surface area contributed by atoms with Crippen LogP contribution in [0.15, 0.2) is 30.3 Å². The van der Waals surface area contributed by atoms with E-state index >= 15 is 0 Å². The Morgan fingerprint density at radius 1 is 1.29 bits per heavy atom. The lowest BCUT2D eigenvalue weighted by Crippen LogP contribution is -2.37. The van der Waals surface area contributed by atoms with Crippen LogP contribution in [0.3, 0.4) is 0 Å². The Labute approximate surface area is 84.9 Å². The minimum atomic E-state index is -0.147. The summed E-state index contributed by atoms with van der Waals surface area (Å²) in [5, 5.41) is 11.9. The Kier molecular flexibility index (Phi) is 5.22. The van der Waals surface area contributed by atoms with Gasteiger partial charge in [-0.3, -0.25) is 0 Å². The predicted molar refractivity (Wildman–Crippen MR) is 58.1 cm³/mol. The predicted octanol–water partition coefficient (Wildman–Crippen LogP) is 0.138. The zero-order valence-corrected chi connectivity index (χ0v) is 8.32. The average molecular weight is 194 g/mol. The minimum absolute atomic E-state index is 0.0400. The smallest absolute Gasteiger partial charge is 0.0594 e. The van der Waals surface area contributed by atoms with Gasteiger partial charge in [0.1, 0.15) is 0 Å². The molecule has 3 heteroatoms. The van der Waals surface area contributed by atoms with Crippen LogP contribution in [-0.4, -0.2) is 30.8 Å². The van der Waals surface area contributed by atoms with Gasteiger partial charge in [0.25, 0.3) is 0 Å². The molecule has 1 unspecified atom stereocenters. The lowest BCUT2D eigenvalue weighted by molar-refractivity contribution is 0.262. The Morgan fingerprint density at radius 2 is 2.00 bits per heavy atom. The Hall–Kier alpha value is -0.900. The average Bonchev–Trinajstić information content (AvgIpc) is 2.25. The van der Waals surface area contributed by atoms with Crippen molar-refractivity contribution in [2.75, 3.05) is 19.7 Å². The lowest BCUT2D eigenvalue weighted by atomic mass is 10.1. The fourth-order valence-electron chi connectivity index (χ4n) is 1.23. The van der Waals surface area contributed by atoms with Crippen molar-refractivity contribution in [1.82, 2.24) is 5.32 Å². The van der Waals surface area contributed by atoms with Gasteiger partial charge in [-0.15, -0.1) is 0 Å². The van der Waals surface area contributed by atoms with Gasteiger partial charge in [-0.1, -0.05) is 30.3 Å². The van der Waals surface area contributed by atoms with Crippen LogP contribution in [0.5, 0.6) is 0 Å². The molecule has 0 saturated carbocycles. The van der Waals surface area contributed by atoms with E-state index in [1.165, 1.54) is 5.56 Å². The molecule has 4 N–H and O–H groups in total. The number of rotatable bonds is 6. The summed E-state index contributed by atoms with van der Waals surface area (Å²) < 4.78 is 0. The molecule has 0 radical (unpaired) electrons. The number of hydrogen-bond acceptors (Lipinski definition) is 3. The molecule has 0 aliphatic rings. The van der Waals surface area contributed by atoms with Crippen molar-refractivity contribution in [3.8, 4) is 0 Å². The Bertz CT molecular complexity index is 238. The van der Waals surface area contributed by atoms with Crippen molar-refractivity contribution in [3.05, 3.63) is 35.9 Å². The van der Waals surface area contributed by atoms with Gasteiger partial charge in [-0.2, -0.15) is 0 Å². The number of benzene rings is 1. The van der Waals surface area contributed by atoms with Crippen molar-refractivity contribution >= 4 is 0 Å². The maximum Gasteiger partial charge on any atom is 0.0594 e. The van der Waals surface area contributed by atoms with E-state index in [9.17, 15) is 0 Å². The molecule has 1 rings (SSSR count). The van der Waals surface area contributed by atoms with E-state index in [1.54, 1.807) is 0 Å². The van der Waals surface area contributed by atoms with Crippen LogP contribution in [-0.2, 0) is 6.42 Å². The van der Waals surface area contributed by atoms with Crippen molar-refractivity contribution in [3.63, 3.8) is 0 Å². The molecule has 0 bridgehead atoms. The molecule has 0 saturated heterocycles. The monoisotopic (exact) mass is 194 g/mol. The summed E-state index contributed by atoms with van der Waals surface area (Å²) in [5.74, 6) is 0. The molecule has 1 aromatic rings. The second-order valence-electron chi connectivity index (χ2n) is 3.38. The van der Waals surface area contributed by atoms with Crippen LogP contribution in [0.2, 0.25) is 0 Å². The Balaban J connectivity index is 2.10. The lowest BCUT2D eigenvalue weighted by Gasteiger charge is -2.09. The van der Waals surface area contributed by atoms with Gasteiger partial charge in [0.2, 0.25) is 0 Å². The summed E-state index contributed by atoms with van der Waals surface area (Å²) >= 11 is 0. The molecule has 0 amide bonds. The second-order valence-corrected chi connectivity index (χ2v) is 3.38. The molecule has 14 heavy (non-hydrogen) atoms. The molecule has 0 aromatic heterocycles. The molecule has 3 nitrogen and oxygen atoms in total. The highest BCUT2D eigenvalue weighted by Crippen LogP contribution is 1.97. The zero-order valence-electron chi connectivity index (χ0n) is 8.32. The number of nitrogens with one attached hydrogen (secondary N) is 1. The number of nitrogens with two attached hydrogens (primary N) is 1. The Morgan fingerprint density at radius 3 is 2.64 bits per heavy atom. The van der Waals surface area contributed by atoms with E-state index in [0.29, 0.717) is 6.54 Å². The largest absolute Gasteiger partial charge is 0.395 e. The van der Waals surface area contributed by atoms with Gasteiger partial charge in [-0.25, -0.2) is 0 Å². The number of aliphatic hydroxyl groups excluding tert-OH is 1. The van der Waals surface area contributed by atoms with Gasteiger partial charge >= 0.3 is 0 Å². The normalized spacial score (nSPS) is 12.7. The standard InChI is InChI=1S/C11H18N2O/c12-11(9-14)8-13-7-6-10-4-2-1-3-5-10/h1-5,11,13-14H,6-9,12H2. The summed E-state index contributed by atoms with van der Waals surface area (Å²) in [4.78, 5) is 0. The van der Waals surface area contributed by atoms with E-state index in [1.807, 2.05) is 18.2 Å². The molecule has 0 aliphatic carbocycles. The molecule has 0 aliphatic heterocycles. The molecule has 1 atom stereocenters. The molecule has 0 spiro atoms. The second kappa shape index (κ2) is 6.54. The number of hydrogen-bond donors (Lipinski definition) is 3. The van der Waals surface area contributed by atoms with Crippen LogP contribution >= 0.6 is 0 Å². The maximum absolute atomic E-state index is 8.69. The maximum atomic E-state index is 8.69. The summed E-state index contributed by atoms with van der Waals surface area (Å²) in [7, 11) is 0. The van der Waals surface area contributed by atoms with Crippen LogP contribution in [0, 0.1) is 0 Å². The van der Waals surface area contributed by atoms with Crippen molar-refractivity contribution in [2.45, 2.75) is 12.5 Å². The molecule has 1 aromatic carbocycles. The zero-order chi connectivity index (χ0) is 10.2. The highest BCUT2D eigenvalue weighted by atomic mass is 16.3. The van der Waals surface area contributed by atoms with Crippen LogP contribution < -0.4 is 11.1 Å². The first-order valence-corrected chi connectivity index (χ1v) is 4.94.